The summed E-state index contributed by atoms with van der Waals surface area (Å²) in [7, 11) is 0. The lowest BCUT2D eigenvalue weighted by molar-refractivity contribution is -0.138. The summed E-state index contributed by atoms with van der Waals surface area (Å²) in [5, 5.41) is 13.1. The minimum absolute atomic E-state index is 0.0201. The van der Waals surface area contributed by atoms with Crippen LogP contribution in [0.4, 0.5) is 22.4 Å². The van der Waals surface area contributed by atoms with E-state index in [1.165, 1.54) is 17.0 Å². The zero-order valence-electron chi connectivity index (χ0n) is 21.0. The maximum Gasteiger partial charge on any atom is 0.417 e. The third-order valence-electron chi connectivity index (χ3n) is 7.58. The van der Waals surface area contributed by atoms with E-state index < -0.39 is 46.9 Å². The molecule has 2 fully saturated rings. The molecule has 13 heteroatoms. The van der Waals surface area contributed by atoms with Gasteiger partial charge in [0.1, 0.15) is 17.1 Å². The number of benzene rings is 1. The minimum Gasteiger partial charge on any atom is -0.465 e. The number of Topliss-reactive ketones (excluding diaryl/α,β-unsaturated/α-hetero) is 1. The van der Waals surface area contributed by atoms with Gasteiger partial charge in [-0.1, -0.05) is 17.7 Å². The predicted molar refractivity (Wildman–Crippen MR) is 133 cm³/mol. The Hall–Kier alpha value is -3.25. The first kappa shape index (κ1) is 28.8. The highest BCUT2D eigenvalue weighted by Gasteiger charge is 2.57. The number of amides is 2. The van der Waals surface area contributed by atoms with Crippen LogP contribution < -0.4 is 5.32 Å². The van der Waals surface area contributed by atoms with Crippen molar-refractivity contribution in [1.29, 1.82) is 0 Å². The molecule has 2 N–H and O–H groups in total. The molecule has 2 saturated heterocycles. The van der Waals surface area contributed by atoms with Gasteiger partial charge in [-0.15, -0.1) is 0 Å². The van der Waals surface area contributed by atoms with Crippen LogP contribution in [0.1, 0.15) is 47.3 Å². The van der Waals surface area contributed by atoms with E-state index in [2.05, 4.69) is 10.3 Å². The Kier molecular flexibility index (Phi) is 8.17. The van der Waals surface area contributed by atoms with Crippen molar-refractivity contribution in [3.8, 4) is 0 Å². The summed E-state index contributed by atoms with van der Waals surface area (Å²) < 4.78 is 52.8. The highest BCUT2D eigenvalue weighted by atomic mass is 35.5. The van der Waals surface area contributed by atoms with Gasteiger partial charge in [0, 0.05) is 50.8 Å². The molecule has 0 bridgehead atoms. The summed E-state index contributed by atoms with van der Waals surface area (Å²) in [5.41, 5.74) is -2.17. The van der Waals surface area contributed by atoms with E-state index in [0.29, 0.717) is 11.8 Å². The Labute approximate surface area is 226 Å². The number of aromatic nitrogens is 1. The van der Waals surface area contributed by atoms with E-state index in [9.17, 15) is 37.1 Å². The number of carboxylic acid groups (broad SMARTS) is 1. The number of hydrogen-bond donors (Lipinski definition) is 2. The van der Waals surface area contributed by atoms with E-state index in [-0.39, 0.29) is 62.1 Å². The second-order valence-corrected chi connectivity index (χ2v) is 10.1. The number of carbonyl (C=O) groups is 3. The summed E-state index contributed by atoms with van der Waals surface area (Å²) in [5.74, 6) is -2.82. The highest BCUT2D eigenvalue weighted by molar-refractivity contribution is 6.30. The fraction of sp³-hybridized carbons (Fsp3) is 0.462. The fourth-order valence-electron chi connectivity index (χ4n) is 5.63. The van der Waals surface area contributed by atoms with Gasteiger partial charge in [-0.05, 0) is 49.6 Å². The van der Waals surface area contributed by atoms with Crippen molar-refractivity contribution in [3.05, 3.63) is 64.2 Å². The zero-order chi connectivity index (χ0) is 28.5. The molecule has 1 aromatic carbocycles. The van der Waals surface area contributed by atoms with Gasteiger partial charge < -0.3 is 15.3 Å². The van der Waals surface area contributed by atoms with Crippen molar-refractivity contribution in [1.82, 2.24) is 20.1 Å². The van der Waals surface area contributed by atoms with Crippen LogP contribution in [0, 0.1) is 11.7 Å². The van der Waals surface area contributed by atoms with Gasteiger partial charge in [-0.2, -0.15) is 13.2 Å². The van der Waals surface area contributed by atoms with Crippen molar-refractivity contribution >= 4 is 29.4 Å². The molecule has 0 saturated carbocycles. The van der Waals surface area contributed by atoms with E-state index >= 15 is 0 Å². The van der Waals surface area contributed by atoms with Gasteiger partial charge in [0.25, 0.3) is 5.91 Å². The molecule has 0 aliphatic carbocycles. The number of rotatable bonds is 6. The third-order valence-corrected chi connectivity index (χ3v) is 7.89. The Morgan fingerprint density at radius 2 is 1.90 bits per heavy atom. The van der Waals surface area contributed by atoms with Crippen LogP contribution in [-0.2, 0) is 11.0 Å². The summed E-state index contributed by atoms with van der Waals surface area (Å²) in [4.78, 5) is 45.5. The standard InChI is InChI=1S/C26H27ClF4N4O4/c1-2-35(24(38)39)25(14-32-13-18(25)16-3-5-19(27)20(28)11-16)22(36)15-7-9-34(10-8-15)23(37)21-6-4-17(12-33-21)26(29,30)31/h3-6,11-12,15,18,32H,2,7-10,13-14H2,1H3,(H,38,39)/t18-,25+/m0/s1. The minimum atomic E-state index is -4.57. The number of ketones is 1. The lowest BCUT2D eigenvalue weighted by Crippen LogP contribution is -2.63. The van der Waals surface area contributed by atoms with Gasteiger partial charge in [-0.25, -0.2) is 9.18 Å². The molecule has 0 radical (unpaired) electrons. The highest BCUT2D eigenvalue weighted by Crippen LogP contribution is 2.42. The number of pyridine rings is 1. The molecule has 0 spiro atoms. The quantitative estimate of drug-likeness (QED) is 0.498. The second-order valence-electron chi connectivity index (χ2n) is 9.67. The topological polar surface area (TPSA) is 103 Å². The molecular formula is C26H27ClF4N4O4. The Morgan fingerprint density at radius 1 is 1.21 bits per heavy atom. The fourth-order valence-corrected chi connectivity index (χ4v) is 5.75. The number of likely N-dealkylation sites (N-methyl/N-ethyl adjacent to an activating group) is 1. The first-order chi connectivity index (χ1) is 18.4. The lowest BCUT2D eigenvalue weighted by Gasteiger charge is -2.44. The largest absolute Gasteiger partial charge is 0.465 e. The lowest BCUT2D eigenvalue weighted by atomic mass is 9.71. The first-order valence-corrected chi connectivity index (χ1v) is 12.8. The van der Waals surface area contributed by atoms with Crippen LogP contribution in [0.25, 0.3) is 0 Å². The van der Waals surface area contributed by atoms with Crippen LogP contribution >= 0.6 is 11.6 Å². The summed E-state index contributed by atoms with van der Waals surface area (Å²) >= 11 is 5.85. The molecule has 2 aromatic rings. The van der Waals surface area contributed by atoms with Crippen LogP contribution in [0.5, 0.6) is 0 Å². The molecule has 2 aliphatic rings. The number of alkyl halides is 3. The maximum absolute atomic E-state index is 14.4. The van der Waals surface area contributed by atoms with Gasteiger partial charge >= 0.3 is 12.3 Å². The number of nitrogens with one attached hydrogen (secondary N) is 1. The van der Waals surface area contributed by atoms with Crippen molar-refractivity contribution in [2.45, 2.75) is 37.4 Å². The smallest absolute Gasteiger partial charge is 0.417 e. The van der Waals surface area contributed by atoms with Crippen molar-refractivity contribution in [3.63, 3.8) is 0 Å². The van der Waals surface area contributed by atoms with Gasteiger partial charge in [-0.3, -0.25) is 19.5 Å². The van der Waals surface area contributed by atoms with Crippen LogP contribution in [0.2, 0.25) is 5.02 Å². The predicted octanol–water partition coefficient (Wildman–Crippen LogP) is 4.44. The van der Waals surface area contributed by atoms with Crippen LogP contribution in [0.3, 0.4) is 0 Å². The monoisotopic (exact) mass is 570 g/mol. The van der Waals surface area contributed by atoms with E-state index in [1.54, 1.807) is 13.0 Å². The number of nitrogens with zero attached hydrogens (tertiary/aromatic N) is 3. The van der Waals surface area contributed by atoms with E-state index in [0.717, 1.165) is 17.0 Å². The van der Waals surface area contributed by atoms with Crippen molar-refractivity contribution in [2.75, 3.05) is 32.7 Å². The molecule has 2 atom stereocenters. The summed E-state index contributed by atoms with van der Waals surface area (Å²) in [6.45, 7) is 2.20. The average Bonchev–Trinajstić information content (AvgIpc) is 3.35. The summed E-state index contributed by atoms with van der Waals surface area (Å²) in [6.07, 6.45) is -4.80. The van der Waals surface area contributed by atoms with Crippen LogP contribution in [-0.4, -0.2) is 75.9 Å². The number of halogens is 5. The number of likely N-dealkylation sites (tertiary alicyclic amines) is 1. The van der Waals surface area contributed by atoms with Gasteiger partial charge in [0.15, 0.2) is 5.78 Å². The van der Waals surface area contributed by atoms with E-state index in [4.69, 9.17) is 11.6 Å². The maximum atomic E-state index is 14.4. The Balaban J connectivity index is 1.56. The third kappa shape index (κ3) is 5.44. The molecule has 2 aliphatic heterocycles. The molecule has 3 heterocycles. The summed E-state index contributed by atoms with van der Waals surface area (Å²) in [6, 6.07) is 5.98. The molecule has 210 valence electrons. The SMILES string of the molecule is CCN(C(=O)O)[C@]1(C(=O)C2CCN(C(=O)c3ccc(C(F)(F)F)cn3)CC2)CNC[C@H]1c1ccc(Cl)c(F)c1. The molecule has 4 rings (SSSR count). The molecule has 0 unspecified atom stereocenters. The molecule has 2 amide bonds. The van der Waals surface area contributed by atoms with Crippen LogP contribution in [0.15, 0.2) is 36.5 Å². The number of carbonyl (C=O) groups excluding carboxylic acids is 2. The first-order valence-electron chi connectivity index (χ1n) is 12.4. The number of hydrogen-bond acceptors (Lipinski definition) is 5. The Bertz CT molecular complexity index is 1250. The molecule has 8 nitrogen and oxygen atoms in total. The van der Waals surface area contributed by atoms with E-state index in [1.807, 2.05) is 0 Å². The number of piperidine rings is 1. The van der Waals surface area contributed by atoms with Crippen molar-refractivity contribution in [2.24, 2.45) is 5.92 Å². The molecular weight excluding hydrogens is 544 g/mol. The van der Waals surface area contributed by atoms with Crippen molar-refractivity contribution < 1.29 is 37.1 Å². The average molecular weight is 571 g/mol. The Morgan fingerprint density at radius 3 is 2.44 bits per heavy atom. The van der Waals surface area contributed by atoms with Gasteiger partial charge in [0.2, 0.25) is 0 Å². The molecule has 1 aromatic heterocycles. The molecule has 39 heavy (non-hydrogen) atoms. The second kappa shape index (κ2) is 11.1. The van der Waals surface area contributed by atoms with Gasteiger partial charge in [0.05, 0.1) is 10.6 Å². The normalized spacial score (nSPS) is 22.1. The zero-order valence-corrected chi connectivity index (χ0v) is 21.7.